The number of nitrogens with one attached hydrogen (secondary N) is 2. The Bertz CT molecular complexity index is 744. The Morgan fingerprint density at radius 1 is 1.26 bits per heavy atom. The van der Waals surface area contributed by atoms with Crippen LogP contribution in [0.25, 0.3) is 0 Å². The number of carbonyl (C=O) groups is 2. The summed E-state index contributed by atoms with van der Waals surface area (Å²) in [5.41, 5.74) is 8.93. The lowest BCUT2D eigenvalue weighted by Crippen LogP contribution is -2.61. The zero-order chi connectivity index (χ0) is 20.4. The molecule has 2 amide bonds. The van der Waals surface area contributed by atoms with E-state index in [1.54, 1.807) is 38.1 Å². The molecule has 1 aromatic carbocycles. The Hall–Kier alpha value is -2.88. The van der Waals surface area contributed by atoms with E-state index in [4.69, 9.17) is 10.9 Å². The van der Waals surface area contributed by atoms with E-state index in [1.165, 1.54) is 17.5 Å². The van der Waals surface area contributed by atoms with Crippen LogP contribution in [0.5, 0.6) is 0 Å². The van der Waals surface area contributed by atoms with Gasteiger partial charge in [0, 0.05) is 16.7 Å². The van der Waals surface area contributed by atoms with Crippen LogP contribution in [0.2, 0.25) is 0 Å². The zero-order valence-electron chi connectivity index (χ0n) is 15.8. The maximum Gasteiger partial charge on any atom is 0.267 e. The molecule has 1 atom stereocenters. The number of hydrogen-bond acceptors (Lipinski definition) is 4. The first kappa shape index (κ1) is 22.2. The van der Waals surface area contributed by atoms with Gasteiger partial charge in [-0.25, -0.2) is 5.48 Å². The minimum Gasteiger partial charge on any atom is -0.338 e. The predicted molar refractivity (Wildman–Crippen MR) is 106 cm³/mol. The van der Waals surface area contributed by atoms with E-state index in [0.29, 0.717) is 5.56 Å². The van der Waals surface area contributed by atoms with E-state index in [1.807, 2.05) is 6.08 Å². The molecule has 0 aliphatic heterocycles. The average molecular weight is 369 g/mol. The third-order valence-electron chi connectivity index (χ3n) is 4.03. The molecule has 2 rings (SSSR count). The summed E-state index contributed by atoms with van der Waals surface area (Å²) in [6.07, 6.45) is 5.46. The molecule has 6 nitrogen and oxygen atoms in total. The van der Waals surface area contributed by atoms with E-state index in [2.05, 4.69) is 30.3 Å². The van der Waals surface area contributed by atoms with Gasteiger partial charge in [0.25, 0.3) is 11.8 Å². The summed E-state index contributed by atoms with van der Waals surface area (Å²) in [4.78, 5) is 24.0. The minimum atomic E-state index is -1.07. The molecule has 0 saturated heterocycles. The Morgan fingerprint density at radius 2 is 1.85 bits per heavy atom. The fourth-order valence-electron chi connectivity index (χ4n) is 2.32. The summed E-state index contributed by atoms with van der Waals surface area (Å²) in [7, 11) is 0. The Labute approximate surface area is 160 Å². The SMILES string of the molecule is C=C.CC(C)(N)C(NC(=O)c1ccc(C#CC=C2CCC2)cc1)C(=O)NO. The third kappa shape index (κ3) is 6.74. The summed E-state index contributed by atoms with van der Waals surface area (Å²) in [6, 6.07) is 5.69. The van der Waals surface area contributed by atoms with Crippen LogP contribution in [0, 0.1) is 11.8 Å². The van der Waals surface area contributed by atoms with Gasteiger partial charge in [-0.1, -0.05) is 17.4 Å². The Kier molecular flexibility index (Phi) is 8.46. The van der Waals surface area contributed by atoms with Crippen molar-refractivity contribution in [3.8, 4) is 11.8 Å². The van der Waals surface area contributed by atoms with Gasteiger partial charge in [0.15, 0.2) is 0 Å². The second kappa shape index (κ2) is 10.3. The molecule has 0 bridgehead atoms. The molecule has 1 unspecified atom stereocenters. The summed E-state index contributed by atoms with van der Waals surface area (Å²) in [6.45, 7) is 9.17. The molecule has 144 valence electrons. The molecule has 0 radical (unpaired) electrons. The first-order chi connectivity index (χ1) is 12.8. The van der Waals surface area contributed by atoms with Crippen molar-refractivity contribution in [2.75, 3.05) is 0 Å². The van der Waals surface area contributed by atoms with E-state index in [9.17, 15) is 9.59 Å². The molecular formula is C21H27N3O3. The van der Waals surface area contributed by atoms with Gasteiger partial charge in [0.05, 0.1) is 0 Å². The normalized spacial score (nSPS) is 13.6. The first-order valence-corrected chi connectivity index (χ1v) is 8.64. The van der Waals surface area contributed by atoms with Crippen LogP contribution in [0.4, 0.5) is 0 Å². The third-order valence-corrected chi connectivity index (χ3v) is 4.03. The molecule has 1 aromatic rings. The van der Waals surface area contributed by atoms with Gasteiger partial charge in [-0.3, -0.25) is 14.8 Å². The standard InChI is InChI=1S/C19H23N3O3.C2H4/c1-19(2,20)16(18(24)22-25)21-17(23)15-11-9-14(10-12-15)8-4-7-13-5-3-6-13;1-2/h7,9-12,16,25H,3,5-6,20H2,1-2H3,(H,21,23)(H,22,24);1-2H2. The molecule has 0 aromatic heterocycles. The molecular weight excluding hydrogens is 342 g/mol. The van der Waals surface area contributed by atoms with Crippen molar-refractivity contribution in [1.29, 1.82) is 0 Å². The molecule has 5 N–H and O–H groups in total. The van der Waals surface area contributed by atoms with Crippen molar-refractivity contribution in [2.24, 2.45) is 5.73 Å². The van der Waals surface area contributed by atoms with Crippen LogP contribution in [0.3, 0.4) is 0 Å². The molecule has 1 fully saturated rings. The van der Waals surface area contributed by atoms with E-state index < -0.39 is 23.4 Å². The number of allylic oxidation sites excluding steroid dienone is 2. The Balaban J connectivity index is 0.00000176. The van der Waals surface area contributed by atoms with Crippen molar-refractivity contribution >= 4 is 11.8 Å². The van der Waals surface area contributed by atoms with Crippen molar-refractivity contribution < 1.29 is 14.8 Å². The molecule has 0 heterocycles. The second-order valence-corrected chi connectivity index (χ2v) is 6.71. The van der Waals surface area contributed by atoms with E-state index >= 15 is 0 Å². The van der Waals surface area contributed by atoms with Crippen LogP contribution in [-0.2, 0) is 4.79 Å². The second-order valence-electron chi connectivity index (χ2n) is 6.71. The van der Waals surface area contributed by atoms with Crippen molar-refractivity contribution in [3.63, 3.8) is 0 Å². The molecule has 1 aliphatic rings. The molecule has 1 saturated carbocycles. The summed E-state index contributed by atoms with van der Waals surface area (Å²) in [5, 5.41) is 11.3. The summed E-state index contributed by atoms with van der Waals surface area (Å²) in [5.74, 6) is 4.82. The van der Waals surface area contributed by atoms with Gasteiger partial charge in [-0.05, 0) is 63.5 Å². The van der Waals surface area contributed by atoms with Gasteiger partial charge in [0.2, 0.25) is 0 Å². The van der Waals surface area contributed by atoms with Crippen LogP contribution in [0.15, 0.2) is 49.1 Å². The predicted octanol–water partition coefficient (Wildman–Crippen LogP) is 2.29. The number of amides is 2. The fourth-order valence-corrected chi connectivity index (χ4v) is 2.32. The van der Waals surface area contributed by atoms with E-state index in [-0.39, 0.29) is 0 Å². The monoisotopic (exact) mass is 369 g/mol. The van der Waals surface area contributed by atoms with Gasteiger partial charge in [-0.2, -0.15) is 0 Å². The highest BCUT2D eigenvalue weighted by Crippen LogP contribution is 2.24. The number of hydrogen-bond donors (Lipinski definition) is 4. The van der Waals surface area contributed by atoms with E-state index in [0.717, 1.165) is 18.4 Å². The topological polar surface area (TPSA) is 104 Å². The fraction of sp³-hybridized carbons (Fsp3) is 0.333. The number of hydroxylamine groups is 1. The molecule has 0 spiro atoms. The molecule has 27 heavy (non-hydrogen) atoms. The smallest absolute Gasteiger partial charge is 0.267 e. The van der Waals surface area contributed by atoms with Gasteiger partial charge in [-0.15, -0.1) is 13.2 Å². The number of nitrogens with two attached hydrogens (primary N) is 1. The van der Waals surface area contributed by atoms with Crippen LogP contribution >= 0.6 is 0 Å². The number of carbonyl (C=O) groups excluding carboxylic acids is 2. The maximum absolute atomic E-state index is 12.3. The first-order valence-electron chi connectivity index (χ1n) is 8.64. The molecule has 1 aliphatic carbocycles. The Morgan fingerprint density at radius 3 is 2.30 bits per heavy atom. The highest BCUT2D eigenvalue weighted by atomic mass is 16.5. The zero-order valence-corrected chi connectivity index (χ0v) is 15.8. The van der Waals surface area contributed by atoms with Gasteiger partial charge >= 0.3 is 0 Å². The summed E-state index contributed by atoms with van der Waals surface area (Å²) >= 11 is 0. The number of rotatable bonds is 4. The van der Waals surface area contributed by atoms with Crippen molar-refractivity contribution in [1.82, 2.24) is 10.8 Å². The number of benzene rings is 1. The average Bonchev–Trinajstić information content (AvgIpc) is 2.62. The minimum absolute atomic E-state index is 0.378. The van der Waals surface area contributed by atoms with Crippen LogP contribution < -0.4 is 16.5 Å². The maximum atomic E-state index is 12.3. The van der Waals surface area contributed by atoms with Crippen molar-refractivity contribution in [3.05, 3.63) is 60.2 Å². The largest absolute Gasteiger partial charge is 0.338 e. The van der Waals surface area contributed by atoms with Gasteiger partial charge in [0.1, 0.15) is 6.04 Å². The van der Waals surface area contributed by atoms with Gasteiger partial charge < -0.3 is 11.1 Å². The van der Waals surface area contributed by atoms with Crippen LogP contribution in [-0.4, -0.2) is 28.6 Å². The quantitative estimate of drug-likeness (QED) is 0.283. The lowest BCUT2D eigenvalue weighted by Gasteiger charge is -2.29. The van der Waals surface area contributed by atoms with Crippen LogP contribution in [0.1, 0.15) is 49.0 Å². The molecule has 6 heteroatoms. The lowest BCUT2D eigenvalue weighted by molar-refractivity contribution is -0.132. The lowest BCUT2D eigenvalue weighted by atomic mass is 9.92. The highest BCUT2D eigenvalue weighted by Gasteiger charge is 2.33. The van der Waals surface area contributed by atoms with Crippen molar-refractivity contribution in [2.45, 2.75) is 44.7 Å². The summed E-state index contributed by atoms with van der Waals surface area (Å²) < 4.78 is 0. The highest BCUT2D eigenvalue weighted by molar-refractivity contribution is 5.97.